The van der Waals surface area contributed by atoms with Crippen molar-refractivity contribution in [2.75, 3.05) is 11.1 Å². The number of anilines is 3. The molecule has 0 unspecified atom stereocenters. The van der Waals surface area contributed by atoms with Crippen molar-refractivity contribution in [2.45, 2.75) is 26.8 Å². The first-order chi connectivity index (χ1) is 10.4. The fourth-order valence-electron chi connectivity index (χ4n) is 2.07. The van der Waals surface area contributed by atoms with E-state index in [4.69, 9.17) is 17.3 Å². The van der Waals surface area contributed by atoms with Crippen LogP contribution in [-0.2, 0) is 0 Å². The Hall–Kier alpha value is -2.20. The van der Waals surface area contributed by atoms with Gasteiger partial charge in [0.2, 0.25) is 0 Å². The molecule has 0 saturated heterocycles. The van der Waals surface area contributed by atoms with Crippen molar-refractivity contribution in [1.29, 1.82) is 0 Å². The average molecular weight is 318 g/mol. The lowest BCUT2D eigenvalue weighted by Gasteiger charge is -2.16. The van der Waals surface area contributed by atoms with Crippen LogP contribution >= 0.6 is 11.6 Å². The third-order valence-electron chi connectivity index (χ3n) is 3.18. The lowest BCUT2D eigenvalue weighted by atomic mass is 10.1. The summed E-state index contributed by atoms with van der Waals surface area (Å²) < 4.78 is 0. The van der Waals surface area contributed by atoms with E-state index in [9.17, 15) is 4.79 Å². The van der Waals surface area contributed by atoms with Gasteiger partial charge in [-0.1, -0.05) is 17.7 Å². The number of nitrogen functional groups attached to an aromatic ring is 1. The van der Waals surface area contributed by atoms with Crippen molar-refractivity contribution in [3.05, 3.63) is 52.5 Å². The van der Waals surface area contributed by atoms with Crippen molar-refractivity contribution < 1.29 is 4.79 Å². The molecule has 2 aromatic rings. The number of hydrogen-bond donors (Lipinski definition) is 3. The van der Waals surface area contributed by atoms with Gasteiger partial charge in [-0.15, -0.1) is 0 Å². The van der Waals surface area contributed by atoms with Crippen LogP contribution in [0.2, 0.25) is 5.02 Å². The molecule has 116 valence electrons. The molecule has 0 aliphatic rings. The molecule has 0 bridgehead atoms. The Balaban J connectivity index is 2.38. The molecular formula is C17H20ClN3O. The number of rotatable bonds is 4. The largest absolute Gasteiger partial charge is 0.399 e. The lowest BCUT2D eigenvalue weighted by molar-refractivity contribution is 0.0944. The second-order valence-corrected chi connectivity index (χ2v) is 5.95. The fraction of sp³-hybridized carbons (Fsp3) is 0.235. The third kappa shape index (κ3) is 3.92. The molecule has 0 saturated carbocycles. The van der Waals surface area contributed by atoms with Crippen LogP contribution in [0, 0.1) is 6.92 Å². The summed E-state index contributed by atoms with van der Waals surface area (Å²) in [7, 11) is 0. The number of amides is 1. The highest BCUT2D eigenvalue weighted by atomic mass is 35.5. The maximum absolute atomic E-state index is 12.3. The van der Waals surface area contributed by atoms with Gasteiger partial charge in [-0.05, 0) is 56.7 Å². The highest BCUT2D eigenvalue weighted by molar-refractivity contribution is 6.30. The van der Waals surface area contributed by atoms with E-state index in [1.54, 1.807) is 18.2 Å². The van der Waals surface area contributed by atoms with Crippen LogP contribution in [0.3, 0.4) is 0 Å². The predicted octanol–water partition coefficient (Wildman–Crippen LogP) is 4.11. The van der Waals surface area contributed by atoms with Gasteiger partial charge in [-0.2, -0.15) is 0 Å². The van der Waals surface area contributed by atoms with Gasteiger partial charge in [-0.3, -0.25) is 4.79 Å². The summed E-state index contributed by atoms with van der Waals surface area (Å²) in [5.41, 5.74) is 9.45. The van der Waals surface area contributed by atoms with Crippen LogP contribution in [0.1, 0.15) is 29.8 Å². The second-order valence-electron chi connectivity index (χ2n) is 5.52. The molecule has 4 N–H and O–H groups in total. The maximum Gasteiger partial charge on any atom is 0.253 e. The van der Waals surface area contributed by atoms with Crippen molar-refractivity contribution >= 4 is 34.6 Å². The maximum atomic E-state index is 12.3. The predicted molar refractivity (Wildman–Crippen MR) is 92.9 cm³/mol. The van der Waals surface area contributed by atoms with Crippen LogP contribution < -0.4 is 16.4 Å². The highest BCUT2D eigenvalue weighted by Gasteiger charge is 2.14. The van der Waals surface area contributed by atoms with Crippen LogP contribution in [-0.4, -0.2) is 11.9 Å². The van der Waals surface area contributed by atoms with E-state index in [1.807, 2.05) is 39.0 Å². The standard InChI is InChI=1S/C17H20ClN3O/c1-10(2)20-17(22)14-9-13(19)6-7-15(14)21-16-8-12(18)5-4-11(16)3/h4-10,21H,19H2,1-3H3,(H,20,22). The Morgan fingerprint density at radius 2 is 1.86 bits per heavy atom. The van der Waals surface area contributed by atoms with Crippen LogP contribution in [0.5, 0.6) is 0 Å². The number of carbonyl (C=O) groups excluding carboxylic acids is 1. The molecular weight excluding hydrogens is 298 g/mol. The molecule has 0 aromatic heterocycles. The summed E-state index contributed by atoms with van der Waals surface area (Å²) in [6.45, 7) is 5.81. The van der Waals surface area contributed by atoms with Crippen molar-refractivity contribution in [1.82, 2.24) is 5.32 Å². The van der Waals surface area contributed by atoms with Gasteiger partial charge in [-0.25, -0.2) is 0 Å². The monoisotopic (exact) mass is 317 g/mol. The Labute approximate surface area is 135 Å². The first kappa shape index (κ1) is 16.2. The van der Waals surface area contributed by atoms with Crippen LogP contribution in [0.15, 0.2) is 36.4 Å². The molecule has 0 aliphatic heterocycles. The Kier molecular flexibility index (Phi) is 4.93. The summed E-state index contributed by atoms with van der Waals surface area (Å²) >= 11 is 6.04. The molecule has 0 atom stereocenters. The fourth-order valence-corrected chi connectivity index (χ4v) is 2.24. The van der Waals surface area contributed by atoms with Gasteiger partial charge < -0.3 is 16.4 Å². The first-order valence-corrected chi connectivity index (χ1v) is 7.48. The third-order valence-corrected chi connectivity index (χ3v) is 3.41. The van der Waals surface area contributed by atoms with Crippen molar-refractivity contribution in [2.24, 2.45) is 0 Å². The van der Waals surface area contributed by atoms with E-state index in [0.29, 0.717) is 22.0 Å². The Morgan fingerprint density at radius 3 is 2.55 bits per heavy atom. The number of carbonyl (C=O) groups is 1. The van der Waals surface area contributed by atoms with Gasteiger partial charge in [0.05, 0.1) is 11.3 Å². The van der Waals surface area contributed by atoms with Crippen molar-refractivity contribution in [3.63, 3.8) is 0 Å². The summed E-state index contributed by atoms with van der Waals surface area (Å²) in [6.07, 6.45) is 0. The topological polar surface area (TPSA) is 67.1 Å². The Bertz CT molecular complexity index is 698. The summed E-state index contributed by atoms with van der Waals surface area (Å²) in [5.74, 6) is -0.163. The SMILES string of the molecule is Cc1ccc(Cl)cc1Nc1ccc(N)cc1C(=O)NC(C)C. The molecule has 4 nitrogen and oxygen atoms in total. The smallest absolute Gasteiger partial charge is 0.253 e. The molecule has 2 rings (SSSR count). The van der Waals surface area contributed by atoms with E-state index in [1.165, 1.54) is 0 Å². The highest BCUT2D eigenvalue weighted by Crippen LogP contribution is 2.27. The van der Waals surface area contributed by atoms with Gasteiger partial charge in [0, 0.05) is 22.4 Å². The van der Waals surface area contributed by atoms with E-state index < -0.39 is 0 Å². The minimum absolute atomic E-state index is 0.0506. The lowest BCUT2D eigenvalue weighted by Crippen LogP contribution is -2.30. The molecule has 1 amide bonds. The number of aryl methyl sites for hydroxylation is 1. The number of nitrogens with two attached hydrogens (primary N) is 1. The first-order valence-electron chi connectivity index (χ1n) is 7.10. The molecule has 22 heavy (non-hydrogen) atoms. The van der Waals surface area contributed by atoms with Crippen LogP contribution in [0.4, 0.5) is 17.1 Å². The Morgan fingerprint density at radius 1 is 1.14 bits per heavy atom. The van der Waals surface area contributed by atoms with Crippen molar-refractivity contribution in [3.8, 4) is 0 Å². The zero-order chi connectivity index (χ0) is 16.3. The summed E-state index contributed by atoms with van der Waals surface area (Å²) in [4.78, 5) is 12.3. The normalized spacial score (nSPS) is 10.6. The van der Waals surface area contributed by atoms with Gasteiger partial charge in [0.15, 0.2) is 0 Å². The summed E-state index contributed by atoms with van der Waals surface area (Å²) in [6, 6.07) is 10.9. The number of halogens is 1. The summed E-state index contributed by atoms with van der Waals surface area (Å²) in [5, 5.41) is 6.78. The molecule has 0 radical (unpaired) electrons. The molecule has 0 heterocycles. The molecule has 2 aromatic carbocycles. The number of benzene rings is 2. The van der Waals surface area contributed by atoms with Gasteiger partial charge in [0.25, 0.3) is 5.91 Å². The van der Waals surface area contributed by atoms with Crippen LogP contribution in [0.25, 0.3) is 0 Å². The minimum Gasteiger partial charge on any atom is -0.399 e. The van der Waals surface area contributed by atoms with E-state index in [2.05, 4.69) is 10.6 Å². The van der Waals surface area contributed by atoms with Gasteiger partial charge >= 0.3 is 0 Å². The zero-order valence-electron chi connectivity index (χ0n) is 12.9. The second kappa shape index (κ2) is 6.71. The minimum atomic E-state index is -0.163. The molecule has 0 aliphatic carbocycles. The molecule has 5 heteroatoms. The average Bonchev–Trinajstić information content (AvgIpc) is 2.44. The number of nitrogens with one attached hydrogen (secondary N) is 2. The molecule has 0 fully saturated rings. The van der Waals surface area contributed by atoms with E-state index >= 15 is 0 Å². The van der Waals surface area contributed by atoms with E-state index in [-0.39, 0.29) is 11.9 Å². The quantitative estimate of drug-likeness (QED) is 0.743. The molecule has 0 spiro atoms. The van der Waals surface area contributed by atoms with Gasteiger partial charge in [0.1, 0.15) is 0 Å². The zero-order valence-corrected chi connectivity index (χ0v) is 13.7. The van der Waals surface area contributed by atoms with E-state index in [0.717, 1.165) is 11.3 Å². The number of hydrogen-bond acceptors (Lipinski definition) is 3.